The van der Waals surface area contributed by atoms with Gasteiger partial charge in [0.1, 0.15) is 5.82 Å². The van der Waals surface area contributed by atoms with Crippen molar-refractivity contribution in [3.63, 3.8) is 0 Å². The van der Waals surface area contributed by atoms with Crippen LogP contribution in [0.4, 0.5) is 0 Å². The summed E-state index contributed by atoms with van der Waals surface area (Å²) in [5.41, 5.74) is 0.548. The van der Waals surface area contributed by atoms with E-state index in [-0.39, 0.29) is 5.54 Å². The summed E-state index contributed by atoms with van der Waals surface area (Å²) in [6.45, 7) is 12.5. The van der Waals surface area contributed by atoms with Crippen LogP contribution in [0, 0.1) is 5.41 Å². The predicted octanol–water partition coefficient (Wildman–Crippen LogP) is 3.55. The van der Waals surface area contributed by atoms with Gasteiger partial charge in [0.25, 0.3) is 0 Å². The van der Waals surface area contributed by atoms with Gasteiger partial charge in [-0.3, -0.25) is 0 Å². The zero-order valence-corrected chi connectivity index (χ0v) is 13.6. The van der Waals surface area contributed by atoms with Gasteiger partial charge >= 0.3 is 0 Å². The van der Waals surface area contributed by atoms with Crippen LogP contribution in [-0.2, 0) is 13.5 Å². The summed E-state index contributed by atoms with van der Waals surface area (Å²) >= 11 is 0. The minimum Gasteiger partial charge on any atom is -0.338 e. The largest absolute Gasteiger partial charge is 0.338 e. The van der Waals surface area contributed by atoms with E-state index in [0.717, 1.165) is 13.0 Å². The molecule has 0 aliphatic heterocycles. The number of aromatic nitrogens is 2. The van der Waals surface area contributed by atoms with Crippen molar-refractivity contribution in [3.05, 3.63) is 18.2 Å². The fraction of sp³-hybridized carbons (Fsp3) is 0.812. The minimum atomic E-state index is 0.193. The normalized spacial score (nSPS) is 15.5. The van der Waals surface area contributed by atoms with Crippen molar-refractivity contribution >= 4 is 0 Å². The first-order chi connectivity index (χ1) is 8.76. The Bertz CT molecular complexity index is 376. The summed E-state index contributed by atoms with van der Waals surface area (Å²) in [6.07, 6.45) is 8.67. The van der Waals surface area contributed by atoms with Gasteiger partial charge in [-0.25, -0.2) is 4.98 Å². The first-order valence-corrected chi connectivity index (χ1v) is 7.47. The Balaban J connectivity index is 2.58. The Morgan fingerprint density at radius 3 is 2.37 bits per heavy atom. The van der Waals surface area contributed by atoms with Crippen LogP contribution in [-0.4, -0.2) is 21.6 Å². The number of nitrogens with zero attached hydrogens (tertiary/aromatic N) is 2. The Morgan fingerprint density at radius 1 is 1.21 bits per heavy atom. The zero-order valence-electron chi connectivity index (χ0n) is 13.6. The lowest BCUT2D eigenvalue weighted by molar-refractivity contribution is 0.227. The monoisotopic (exact) mass is 265 g/mol. The highest BCUT2D eigenvalue weighted by Gasteiger charge is 2.25. The fourth-order valence-corrected chi connectivity index (χ4v) is 2.43. The molecule has 0 spiro atoms. The second-order valence-electron chi connectivity index (χ2n) is 7.12. The van der Waals surface area contributed by atoms with Crippen LogP contribution >= 0.6 is 0 Å². The van der Waals surface area contributed by atoms with Crippen LogP contribution in [0.25, 0.3) is 0 Å². The van der Waals surface area contributed by atoms with E-state index in [4.69, 9.17) is 0 Å². The summed E-state index contributed by atoms with van der Waals surface area (Å²) in [4.78, 5) is 4.43. The topological polar surface area (TPSA) is 29.9 Å². The molecule has 3 nitrogen and oxygen atoms in total. The van der Waals surface area contributed by atoms with Crippen molar-refractivity contribution in [2.75, 3.05) is 6.54 Å². The maximum Gasteiger partial charge on any atom is 0.108 e. The van der Waals surface area contributed by atoms with E-state index in [2.05, 4.69) is 56.5 Å². The molecule has 0 saturated carbocycles. The molecule has 19 heavy (non-hydrogen) atoms. The predicted molar refractivity (Wildman–Crippen MR) is 82.3 cm³/mol. The van der Waals surface area contributed by atoms with Crippen LogP contribution in [0.15, 0.2) is 12.4 Å². The molecule has 0 amide bonds. The molecule has 0 saturated heterocycles. The molecular weight excluding hydrogens is 234 g/mol. The quantitative estimate of drug-likeness (QED) is 0.817. The van der Waals surface area contributed by atoms with Crippen LogP contribution in [0.5, 0.6) is 0 Å². The maximum atomic E-state index is 4.43. The van der Waals surface area contributed by atoms with Crippen molar-refractivity contribution in [2.24, 2.45) is 12.5 Å². The van der Waals surface area contributed by atoms with Gasteiger partial charge in [0.05, 0.1) is 0 Å². The average molecular weight is 265 g/mol. The molecule has 0 aromatic carbocycles. The summed E-state index contributed by atoms with van der Waals surface area (Å²) < 4.78 is 2.13. The Morgan fingerprint density at radius 2 is 1.89 bits per heavy atom. The first kappa shape index (κ1) is 16.2. The van der Waals surface area contributed by atoms with Crippen molar-refractivity contribution in [2.45, 2.75) is 65.8 Å². The molecule has 1 atom stereocenters. The smallest absolute Gasteiger partial charge is 0.108 e. The van der Waals surface area contributed by atoms with Gasteiger partial charge in [-0.2, -0.15) is 0 Å². The van der Waals surface area contributed by atoms with E-state index >= 15 is 0 Å². The summed E-state index contributed by atoms with van der Waals surface area (Å²) in [6, 6.07) is 0. The molecule has 1 rings (SSSR count). The molecule has 1 heterocycles. The van der Waals surface area contributed by atoms with Gasteiger partial charge in [0.2, 0.25) is 0 Å². The number of hydrogen-bond donors (Lipinski definition) is 1. The van der Waals surface area contributed by atoms with E-state index in [0.29, 0.717) is 5.41 Å². The standard InChI is InChI=1S/C16H31N3/c1-7-9-16(5,13-18-15(2,3)4)10-8-14-17-11-12-19(14)6/h11-12,18H,7-10,13H2,1-6H3. The van der Waals surface area contributed by atoms with E-state index in [9.17, 15) is 0 Å². The third kappa shape index (κ3) is 5.77. The van der Waals surface area contributed by atoms with Crippen LogP contribution < -0.4 is 5.32 Å². The van der Waals surface area contributed by atoms with Crippen molar-refractivity contribution in [1.82, 2.24) is 14.9 Å². The zero-order chi connectivity index (χ0) is 14.5. The number of aryl methyl sites for hydroxylation is 2. The molecule has 0 radical (unpaired) electrons. The Hall–Kier alpha value is -0.830. The molecule has 0 fully saturated rings. The SMILES string of the molecule is CCCC(C)(CCc1nccn1C)CNC(C)(C)C. The van der Waals surface area contributed by atoms with Gasteiger partial charge in [-0.05, 0) is 39.0 Å². The second kappa shape index (κ2) is 6.56. The van der Waals surface area contributed by atoms with Gasteiger partial charge in [0.15, 0.2) is 0 Å². The number of nitrogens with one attached hydrogen (secondary N) is 1. The molecule has 1 N–H and O–H groups in total. The second-order valence-corrected chi connectivity index (χ2v) is 7.12. The van der Waals surface area contributed by atoms with Gasteiger partial charge in [-0.15, -0.1) is 0 Å². The molecular formula is C16H31N3. The number of hydrogen-bond acceptors (Lipinski definition) is 2. The van der Waals surface area contributed by atoms with E-state index in [1.807, 2.05) is 12.4 Å². The molecule has 0 aliphatic rings. The Kier molecular flexibility index (Phi) is 5.60. The lowest BCUT2D eigenvalue weighted by atomic mass is 9.80. The number of imidazole rings is 1. The van der Waals surface area contributed by atoms with E-state index in [1.165, 1.54) is 25.1 Å². The number of rotatable bonds is 7. The van der Waals surface area contributed by atoms with Crippen LogP contribution in [0.2, 0.25) is 0 Å². The van der Waals surface area contributed by atoms with E-state index < -0.39 is 0 Å². The third-order valence-corrected chi connectivity index (χ3v) is 3.77. The van der Waals surface area contributed by atoms with Crippen LogP contribution in [0.1, 0.15) is 59.7 Å². The molecule has 1 aromatic heterocycles. The van der Waals surface area contributed by atoms with E-state index in [1.54, 1.807) is 0 Å². The van der Waals surface area contributed by atoms with Crippen molar-refractivity contribution in [3.8, 4) is 0 Å². The van der Waals surface area contributed by atoms with Crippen LogP contribution in [0.3, 0.4) is 0 Å². The highest BCUT2D eigenvalue weighted by molar-refractivity contribution is 4.93. The molecule has 1 unspecified atom stereocenters. The summed E-state index contributed by atoms with van der Waals surface area (Å²) in [5.74, 6) is 1.19. The summed E-state index contributed by atoms with van der Waals surface area (Å²) in [5, 5.41) is 3.66. The van der Waals surface area contributed by atoms with Crippen molar-refractivity contribution < 1.29 is 0 Å². The van der Waals surface area contributed by atoms with Crippen molar-refractivity contribution in [1.29, 1.82) is 0 Å². The highest BCUT2D eigenvalue weighted by Crippen LogP contribution is 2.29. The molecule has 1 aromatic rings. The molecule has 0 bridgehead atoms. The lowest BCUT2D eigenvalue weighted by Crippen LogP contribution is -2.43. The first-order valence-electron chi connectivity index (χ1n) is 7.47. The highest BCUT2D eigenvalue weighted by atomic mass is 15.0. The molecule has 110 valence electrons. The Labute approximate surface area is 118 Å². The summed E-state index contributed by atoms with van der Waals surface area (Å²) in [7, 11) is 2.08. The minimum absolute atomic E-state index is 0.193. The lowest BCUT2D eigenvalue weighted by Gasteiger charge is -2.33. The van der Waals surface area contributed by atoms with Gasteiger partial charge < -0.3 is 9.88 Å². The van der Waals surface area contributed by atoms with Gasteiger partial charge in [-0.1, -0.05) is 20.3 Å². The average Bonchev–Trinajstić information content (AvgIpc) is 2.70. The molecule has 0 aliphatic carbocycles. The molecule has 3 heteroatoms. The fourth-order valence-electron chi connectivity index (χ4n) is 2.43. The maximum absolute atomic E-state index is 4.43. The van der Waals surface area contributed by atoms with Gasteiger partial charge in [0, 0.05) is 37.9 Å². The third-order valence-electron chi connectivity index (χ3n) is 3.77.